The predicted octanol–water partition coefficient (Wildman–Crippen LogP) is 3.38. The molecule has 2 amide bonds. The number of hydrogen-bond donors (Lipinski definition) is 3. The summed E-state index contributed by atoms with van der Waals surface area (Å²) in [4.78, 5) is 47.3. The van der Waals surface area contributed by atoms with E-state index < -0.39 is 17.4 Å². The third-order valence-electron chi connectivity index (χ3n) is 5.55. The van der Waals surface area contributed by atoms with Crippen molar-refractivity contribution >= 4 is 52.5 Å². The number of H-pyrrole nitrogens is 1. The lowest BCUT2D eigenvalue weighted by atomic mass is 9.92. The van der Waals surface area contributed by atoms with Gasteiger partial charge in [-0.25, -0.2) is 0 Å². The number of hydrogen-bond acceptors (Lipinski definition) is 5. The van der Waals surface area contributed by atoms with Crippen LogP contribution in [0.1, 0.15) is 37.7 Å². The van der Waals surface area contributed by atoms with Crippen molar-refractivity contribution in [3.8, 4) is 0 Å². The van der Waals surface area contributed by atoms with Gasteiger partial charge in [0.15, 0.2) is 0 Å². The van der Waals surface area contributed by atoms with Crippen LogP contribution in [0.4, 0.5) is 17.5 Å². The average Bonchev–Trinajstić information content (AvgIpc) is 2.71. The molecular formula is C20H21Cl2N5O3. The lowest BCUT2D eigenvalue weighted by Crippen LogP contribution is -2.39. The molecule has 4 rings (SSSR count). The molecule has 0 radical (unpaired) electrons. The van der Waals surface area contributed by atoms with Gasteiger partial charge in [-0.15, -0.1) is 0 Å². The number of halogens is 2. The molecule has 1 saturated heterocycles. The van der Waals surface area contributed by atoms with E-state index in [0.29, 0.717) is 17.6 Å². The van der Waals surface area contributed by atoms with Crippen LogP contribution in [0.15, 0.2) is 23.0 Å². The van der Waals surface area contributed by atoms with Crippen molar-refractivity contribution in [2.24, 2.45) is 5.92 Å². The number of anilines is 3. The molecule has 2 aliphatic heterocycles. The Morgan fingerprint density at radius 2 is 1.97 bits per heavy atom. The zero-order chi connectivity index (χ0) is 21.4. The maximum atomic E-state index is 12.9. The number of benzene rings is 1. The lowest BCUT2D eigenvalue weighted by molar-refractivity contribution is -0.123. The molecule has 0 saturated carbocycles. The van der Waals surface area contributed by atoms with Gasteiger partial charge in [0.05, 0.1) is 27.2 Å². The van der Waals surface area contributed by atoms with E-state index in [1.165, 1.54) is 0 Å². The maximum absolute atomic E-state index is 12.9. The monoisotopic (exact) mass is 449 g/mol. The standard InChI is InChI=1S/C20H21Cl2N5O3/c1-10-5-7-27(8-6-10)20-25-17-15(19(30)26-20)11(9-14(28)24-17)18(29)23-13-4-2-3-12(21)16(13)22/h2-4,10-11H,5-9H2,1H3,(H,23,29)(H2,24,25,26,28,30)/t11-/m0/s1. The molecule has 8 nitrogen and oxygen atoms in total. The number of carbonyl (C=O) groups is 2. The summed E-state index contributed by atoms with van der Waals surface area (Å²) in [5.41, 5.74) is 0.00971. The van der Waals surface area contributed by atoms with Crippen LogP contribution < -0.4 is 21.1 Å². The van der Waals surface area contributed by atoms with E-state index in [2.05, 4.69) is 27.5 Å². The van der Waals surface area contributed by atoms with Crippen molar-refractivity contribution in [3.05, 3.63) is 44.2 Å². The number of aromatic nitrogens is 2. The van der Waals surface area contributed by atoms with Crippen molar-refractivity contribution in [3.63, 3.8) is 0 Å². The number of nitrogens with zero attached hydrogens (tertiary/aromatic N) is 2. The Kier molecular flexibility index (Phi) is 5.71. The number of amides is 2. The topological polar surface area (TPSA) is 107 Å². The molecule has 1 fully saturated rings. The van der Waals surface area contributed by atoms with Gasteiger partial charge in [0, 0.05) is 19.5 Å². The fourth-order valence-corrected chi connectivity index (χ4v) is 4.12. The molecule has 2 aliphatic rings. The van der Waals surface area contributed by atoms with Gasteiger partial charge >= 0.3 is 0 Å². The number of aromatic amines is 1. The quantitative estimate of drug-likeness (QED) is 0.665. The highest BCUT2D eigenvalue weighted by Gasteiger charge is 2.35. The van der Waals surface area contributed by atoms with Crippen LogP contribution in [0.2, 0.25) is 10.0 Å². The van der Waals surface area contributed by atoms with E-state index >= 15 is 0 Å². The van der Waals surface area contributed by atoms with E-state index in [4.69, 9.17) is 23.2 Å². The fourth-order valence-electron chi connectivity index (χ4n) is 3.77. The Morgan fingerprint density at radius 3 is 2.70 bits per heavy atom. The Morgan fingerprint density at radius 1 is 1.23 bits per heavy atom. The summed E-state index contributed by atoms with van der Waals surface area (Å²) in [6.45, 7) is 3.73. The Balaban J connectivity index is 1.64. The summed E-state index contributed by atoms with van der Waals surface area (Å²) in [5, 5.41) is 5.78. The zero-order valence-corrected chi connectivity index (χ0v) is 17.8. The summed E-state index contributed by atoms with van der Waals surface area (Å²) in [7, 11) is 0. The van der Waals surface area contributed by atoms with Crippen LogP contribution in [-0.2, 0) is 9.59 Å². The van der Waals surface area contributed by atoms with E-state index in [1.54, 1.807) is 18.2 Å². The van der Waals surface area contributed by atoms with Gasteiger partial charge in [-0.05, 0) is 30.9 Å². The molecule has 10 heteroatoms. The highest BCUT2D eigenvalue weighted by atomic mass is 35.5. The van der Waals surface area contributed by atoms with Crippen LogP contribution in [0.25, 0.3) is 0 Å². The largest absolute Gasteiger partial charge is 0.342 e. The summed E-state index contributed by atoms with van der Waals surface area (Å²) < 4.78 is 0. The maximum Gasteiger partial charge on any atom is 0.258 e. The second-order valence-electron chi connectivity index (χ2n) is 7.72. The first-order valence-electron chi connectivity index (χ1n) is 9.77. The van der Waals surface area contributed by atoms with Gasteiger partial charge in [0.2, 0.25) is 17.8 Å². The van der Waals surface area contributed by atoms with E-state index in [-0.39, 0.29) is 33.8 Å². The molecule has 1 aromatic heterocycles. The van der Waals surface area contributed by atoms with E-state index in [9.17, 15) is 14.4 Å². The minimum atomic E-state index is -0.990. The zero-order valence-electron chi connectivity index (χ0n) is 16.3. The third kappa shape index (κ3) is 4.02. The summed E-state index contributed by atoms with van der Waals surface area (Å²) in [5.74, 6) is -0.740. The molecule has 2 aromatic rings. The van der Waals surface area contributed by atoms with Gasteiger partial charge in [0.1, 0.15) is 5.82 Å². The molecule has 1 aromatic carbocycles. The SMILES string of the molecule is CC1CCN(c2nc3c(c(=O)[nH]2)[C@@H](C(=O)Nc2cccc(Cl)c2Cl)CC(=O)N3)CC1. The minimum Gasteiger partial charge on any atom is -0.342 e. The fraction of sp³-hybridized carbons (Fsp3) is 0.400. The Hall–Kier alpha value is -2.58. The summed E-state index contributed by atoms with van der Waals surface area (Å²) in [6.07, 6.45) is 1.83. The molecule has 3 heterocycles. The van der Waals surface area contributed by atoms with Crippen molar-refractivity contribution in [2.45, 2.75) is 32.1 Å². The second-order valence-corrected chi connectivity index (χ2v) is 8.50. The number of rotatable bonds is 3. The molecule has 0 spiro atoms. The number of carbonyl (C=O) groups excluding carboxylic acids is 2. The molecule has 0 unspecified atom stereocenters. The van der Waals surface area contributed by atoms with Crippen molar-refractivity contribution in [1.29, 1.82) is 0 Å². The molecule has 3 N–H and O–H groups in total. The van der Waals surface area contributed by atoms with Gasteiger partial charge < -0.3 is 15.5 Å². The van der Waals surface area contributed by atoms with Crippen molar-refractivity contribution in [2.75, 3.05) is 28.6 Å². The normalized spacial score (nSPS) is 19.2. The first kappa shape index (κ1) is 20.7. The predicted molar refractivity (Wildman–Crippen MR) is 117 cm³/mol. The highest BCUT2D eigenvalue weighted by Crippen LogP contribution is 2.33. The van der Waals surface area contributed by atoms with Crippen LogP contribution in [0, 0.1) is 5.92 Å². The van der Waals surface area contributed by atoms with Crippen LogP contribution in [-0.4, -0.2) is 34.9 Å². The average molecular weight is 450 g/mol. The van der Waals surface area contributed by atoms with E-state index in [1.807, 2.05) is 4.90 Å². The van der Waals surface area contributed by atoms with Crippen LogP contribution in [0.5, 0.6) is 0 Å². The van der Waals surface area contributed by atoms with Gasteiger partial charge in [0.25, 0.3) is 5.56 Å². The van der Waals surface area contributed by atoms with Crippen molar-refractivity contribution < 1.29 is 9.59 Å². The van der Waals surface area contributed by atoms with Gasteiger partial charge in [-0.1, -0.05) is 36.2 Å². The molecular weight excluding hydrogens is 429 g/mol. The first-order chi connectivity index (χ1) is 14.3. The highest BCUT2D eigenvalue weighted by molar-refractivity contribution is 6.44. The second kappa shape index (κ2) is 8.28. The smallest absolute Gasteiger partial charge is 0.258 e. The van der Waals surface area contributed by atoms with Gasteiger partial charge in [-0.3, -0.25) is 19.4 Å². The number of nitrogens with one attached hydrogen (secondary N) is 3. The van der Waals surface area contributed by atoms with Crippen LogP contribution >= 0.6 is 23.2 Å². The Bertz CT molecular complexity index is 1060. The van der Waals surface area contributed by atoms with E-state index in [0.717, 1.165) is 25.9 Å². The lowest BCUT2D eigenvalue weighted by Gasteiger charge is -2.31. The first-order valence-corrected chi connectivity index (χ1v) is 10.5. The van der Waals surface area contributed by atoms with Crippen molar-refractivity contribution in [1.82, 2.24) is 9.97 Å². The molecule has 0 bridgehead atoms. The minimum absolute atomic E-state index is 0.126. The molecule has 30 heavy (non-hydrogen) atoms. The number of piperidine rings is 1. The molecule has 158 valence electrons. The van der Waals surface area contributed by atoms with Crippen LogP contribution in [0.3, 0.4) is 0 Å². The summed E-state index contributed by atoms with van der Waals surface area (Å²) >= 11 is 12.1. The molecule has 1 atom stereocenters. The Labute approximate surface area is 183 Å². The van der Waals surface area contributed by atoms with Gasteiger partial charge in [-0.2, -0.15) is 4.98 Å². The molecule has 0 aliphatic carbocycles. The third-order valence-corrected chi connectivity index (χ3v) is 6.37. The number of fused-ring (bicyclic) bond motifs is 1. The summed E-state index contributed by atoms with van der Waals surface area (Å²) in [6, 6.07) is 4.84.